The maximum absolute atomic E-state index is 11.9. The van der Waals surface area contributed by atoms with Gasteiger partial charge in [-0.25, -0.2) is 4.99 Å². The van der Waals surface area contributed by atoms with Gasteiger partial charge in [0.1, 0.15) is 0 Å². The van der Waals surface area contributed by atoms with Crippen LogP contribution in [-0.2, 0) is 17.8 Å². The molecule has 0 radical (unpaired) electrons. The fraction of sp³-hybridized carbons (Fsp3) is 0.364. The summed E-state index contributed by atoms with van der Waals surface area (Å²) in [6, 6.07) is 18.2. The highest BCUT2D eigenvalue weighted by molar-refractivity contribution is 14.0. The van der Waals surface area contributed by atoms with Gasteiger partial charge in [-0.3, -0.25) is 4.79 Å². The number of halogens is 1. The molecule has 0 fully saturated rings. The number of guanidine groups is 1. The summed E-state index contributed by atoms with van der Waals surface area (Å²) in [5.74, 6) is 0.766. The second kappa shape index (κ2) is 13.9. The van der Waals surface area contributed by atoms with Gasteiger partial charge in [0.25, 0.3) is 0 Å². The van der Waals surface area contributed by atoms with Crippen molar-refractivity contribution in [2.24, 2.45) is 4.99 Å². The van der Waals surface area contributed by atoms with E-state index in [1.54, 1.807) is 0 Å². The zero-order valence-corrected chi connectivity index (χ0v) is 19.8. The van der Waals surface area contributed by atoms with Crippen molar-refractivity contribution >= 4 is 41.5 Å². The van der Waals surface area contributed by atoms with E-state index >= 15 is 0 Å². The van der Waals surface area contributed by atoms with E-state index in [0.29, 0.717) is 13.1 Å². The van der Waals surface area contributed by atoms with E-state index in [2.05, 4.69) is 52.1 Å². The van der Waals surface area contributed by atoms with Gasteiger partial charge in [0.2, 0.25) is 5.91 Å². The molecule has 0 saturated heterocycles. The summed E-state index contributed by atoms with van der Waals surface area (Å²) in [5.41, 5.74) is 3.14. The van der Waals surface area contributed by atoms with Crippen LogP contribution in [0.1, 0.15) is 18.1 Å². The van der Waals surface area contributed by atoms with E-state index in [1.807, 2.05) is 49.3 Å². The average molecular weight is 509 g/mol. The zero-order valence-electron chi connectivity index (χ0n) is 17.4. The van der Waals surface area contributed by atoms with Crippen LogP contribution in [0, 0.1) is 0 Å². The maximum Gasteiger partial charge on any atom is 0.238 e. The van der Waals surface area contributed by atoms with Gasteiger partial charge in [-0.2, -0.15) is 0 Å². The molecular weight excluding hydrogens is 477 g/mol. The lowest BCUT2D eigenvalue weighted by Gasteiger charge is -2.12. The Morgan fingerprint density at radius 1 is 1.00 bits per heavy atom. The van der Waals surface area contributed by atoms with Gasteiger partial charge >= 0.3 is 0 Å². The van der Waals surface area contributed by atoms with Gasteiger partial charge in [-0.15, -0.1) is 24.0 Å². The summed E-state index contributed by atoms with van der Waals surface area (Å²) >= 11 is 0. The van der Waals surface area contributed by atoms with Crippen LogP contribution in [0.5, 0.6) is 0 Å². The molecule has 158 valence electrons. The van der Waals surface area contributed by atoms with Crippen molar-refractivity contribution in [3.8, 4) is 0 Å². The first-order valence-electron chi connectivity index (χ1n) is 9.66. The lowest BCUT2D eigenvalue weighted by atomic mass is 10.1. The van der Waals surface area contributed by atoms with Crippen molar-refractivity contribution < 1.29 is 4.79 Å². The monoisotopic (exact) mass is 509 g/mol. The number of hydrogen-bond donors (Lipinski definition) is 3. The van der Waals surface area contributed by atoms with Crippen molar-refractivity contribution in [3.05, 3.63) is 65.7 Å². The normalized spacial score (nSPS) is 11.0. The summed E-state index contributed by atoms with van der Waals surface area (Å²) in [5, 5.41) is 9.56. The molecule has 29 heavy (non-hydrogen) atoms. The molecule has 7 heteroatoms. The Morgan fingerprint density at radius 3 is 2.41 bits per heavy atom. The summed E-state index contributed by atoms with van der Waals surface area (Å²) in [4.78, 5) is 18.4. The second-order valence-electron chi connectivity index (χ2n) is 6.84. The fourth-order valence-electron chi connectivity index (χ4n) is 2.72. The highest BCUT2D eigenvalue weighted by Crippen LogP contribution is 2.11. The molecule has 0 unspecified atom stereocenters. The lowest BCUT2D eigenvalue weighted by Crippen LogP contribution is -2.38. The molecule has 0 atom stereocenters. The molecule has 0 aliphatic heterocycles. The van der Waals surface area contributed by atoms with Crippen molar-refractivity contribution in [3.63, 3.8) is 0 Å². The highest BCUT2D eigenvalue weighted by atomic mass is 127. The van der Waals surface area contributed by atoms with Crippen LogP contribution in [0.4, 0.5) is 5.69 Å². The minimum atomic E-state index is -0.0263. The molecule has 0 bridgehead atoms. The smallest absolute Gasteiger partial charge is 0.238 e. The number of carbonyl (C=O) groups excluding carboxylic acids is 1. The molecule has 2 aromatic rings. The summed E-state index contributed by atoms with van der Waals surface area (Å²) in [6.07, 6.45) is 0.943. The van der Waals surface area contributed by atoms with Gasteiger partial charge in [0.15, 0.2) is 5.96 Å². The first-order chi connectivity index (χ1) is 13.6. The fourth-order valence-corrected chi connectivity index (χ4v) is 2.72. The molecule has 6 nitrogen and oxygen atoms in total. The van der Waals surface area contributed by atoms with E-state index < -0.39 is 0 Å². The summed E-state index contributed by atoms with van der Waals surface area (Å²) in [6.45, 7) is 4.57. The molecular formula is C22H32IN5O. The van der Waals surface area contributed by atoms with Gasteiger partial charge in [-0.1, -0.05) is 42.5 Å². The molecule has 0 aliphatic carbocycles. The minimum absolute atomic E-state index is 0. The third-order valence-corrected chi connectivity index (χ3v) is 3.98. The largest absolute Gasteiger partial charge is 0.357 e. The Kier molecular flexibility index (Phi) is 12.0. The predicted molar refractivity (Wildman–Crippen MR) is 132 cm³/mol. The van der Waals surface area contributed by atoms with Crippen LogP contribution >= 0.6 is 24.0 Å². The van der Waals surface area contributed by atoms with E-state index in [1.165, 1.54) is 5.56 Å². The first-order valence-corrected chi connectivity index (χ1v) is 9.66. The third-order valence-electron chi connectivity index (χ3n) is 3.98. The predicted octanol–water partition coefficient (Wildman–Crippen LogP) is 3.10. The summed E-state index contributed by atoms with van der Waals surface area (Å²) in [7, 11) is 3.75. The number of nitrogens with one attached hydrogen (secondary N) is 3. The van der Waals surface area contributed by atoms with Gasteiger partial charge < -0.3 is 20.9 Å². The second-order valence-corrected chi connectivity index (χ2v) is 6.84. The molecule has 0 aliphatic rings. The Bertz CT molecular complexity index is 765. The van der Waals surface area contributed by atoms with Crippen LogP contribution < -0.4 is 16.0 Å². The standard InChI is InChI=1S/C22H31N5O.HI/c1-4-23-22(24-14-13-18-9-6-5-7-10-18)25-16-19-11-8-12-20(15-19)26-21(28)17-27(2)3;/h5-12,15H,4,13-14,16-17H2,1-3H3,(H,26,28)(H2,23,24,25);1H. The van der Waals surface area contributed by atoms with Crippen LogP contribution in [0.25, 0.3) is 0 Å². The van der Waals surface area contributed by atoms with Crippen molar-refractivity contribution in [1.82, 2.24) is 15.5 Å². The lowest BCUT2D eigenvalue weighted by molar-refractivity contribution is -0.116. The third kappa shape index (κ3) is 10.3. The van der Waals surface area contributed by atoms with Crippen LogP contribution in [0.2, 0.25) is 0 Å². The Labute approximate surface area is 191 Å². The molecule has 0 spiro atoms. The van der Waals surface area contributed by atoms with Gasteiger partial charge in [0.05, 0.1) is 13.1 Å². The number of anilines is 1. The molecule has 2 rings (SSSR count). The van der Waals surface area contributed by atoms with Gasteiger partial charge in [-0.05, 0) is 50.7 Å². The minimum Gasteiger partial charge on any atom is -0.357 e. The molecule has 1 amide bonds. The molecule has 2 aromatic carbocycles. The number of amides is 1. The first kappa shape index (κ1) is 24.9. The number of aliphatic imine (C=N–C) groups is 1. The Balaban J connectivity index is 0.00000420. The number of rotatable bonds is 9. The number of carbonyl (C=O) groups is 1. The quantitative estimate of drug-likeness (QED) is 0.276. The van der Waals surface area contributed by atoms with Gasteiger partial charge in [0, 0.05) is 18.8 Å². The van der Waals surface area contributed by atoms with E-state index in [0.717, 1.165) is 36.7 Å². The van der Waals surface area contributed by atoms with E-state index in [4.69, 9.17) is 0 Å². The SMILES string of the molecule is CCNC(=NCc1cccc(NC(=O)CN(C)C)c1)NCCc1ccccc1.I. The number of benzene rings is 2. The van der Waals surface area contributed by atoms with E-state index in [-0.39, 0.29) is 29.9 Å². The topological polar surface area (TPSA) is 68.8 Å². The molecule has 0 saturated carbocycles. The van der Waals surface area contributed by atoms with Crippen molar-refractivity contribution in [2.45, 2.75) is 19.9 Å². The van der Waals surface area contributed by atoms with Crippen molar-refractivity contribution in [2.75, 3.05) is 39.0 Å². The van der Waals surface area contributed by atoms with Crippen LogP contribution in [-0.4, -0.2) is 50.5 Å². The highest BCUT2D eigenvalue weighted by Gasteiger charge is 2.04. The van der Waals surface area contributed by atoms with Crippen molar-refractivity contribution in [1.29, 1.82) is 0 Å². The maximum atomic E-state index is 11.9. The number of nitrogens with zero attached hydrogens (tertiary/aromatic N) is 2. The Hall–Kier alpha value is -2.13. The van der Waals surface area contributed by atoms with Crippen LogP contribution in [0.15, 0.2) is 59.6 Å². The van der Waals surface area contributed by atoms with Crippen LogP contribution in [0.3, 0.4) is 0 Å². The average Bonchev–Trinajstić information content (AvgIpc) is 2.66. The zero-order chi connectivity index (χ0) is 20.2. The van der Waals surface area contributed by atoms with E-state index in [9.17, 15) is 4.79 Å². The Morgan fingerprint density at radius 2 is 1.72 bits per heavy atom. The molecule has 3 N–H and O–H groups in total. The number of hydrogen-bond acceptors (Lipinski definition) is 3. The molecule has 0 aromatic heterocycles. The summed E-state index contributed by atoms with van der Waals surface area (Å²) < 4.78 is 0. The molecule has 0 heterocycles. The number of likely N-dealkylation sites (N-methyl/N-ethyl adjacent to an activating group) is 1.